The minimum Gasteiger partial charge on any atom is -0.345 e. The maximum atomic E-state index is 12.8. The minimum atomic E-state index is 0. The standard InChI is InChI=1S/C18H31N3O2.ClH/c1-12(22)21-7-6-13(11-21)10-20(2)18(23)16-8-14-4-3-5-15(9-16)17(14)19;/h13-17H,3-11,19H2,1-2H3;1H. The van der Waals surface area contributed by atoms with Crippen molar-refractivity contribution < 1.29 is 9.59 Å². The third kappa shape index (κ3) is 4.05. The molecule has 0 aromatic rings. The third-order valence-corrected chi connectivity index (χ3v) is 6.40. The number of amides is 2. The topological polar surface area (TPSA) is 66.6 Å². The summed E-state index contributed by atoms with van der Waals surface area (Å²) in [5, 5.41) is 0. The van der Waals surface area contributed by atoms with Crippen molar-refractivity contribution in [3.05, 3.63) is 0 Å². The average Bonchev–Trinajstić information content (AvgIpc) is 2.95. The molecule has 0 radical (unpaired) electrons. The fraction of sp³-hybridized carbons (Fsp3) is 0.889. The molecule has 3 aliphatic rings. The van der Waals surface area contributed by atoms with Crippen molar-refractivity contribution in [3.63, 3.8) is 0 Å². The van der Waals surface area contributed by atoms with E-state index in [4.69, 9.17) is 5.73 Å². The molecule has 0 aromatic carbocycles. The monoisotopic (exact) mass is 357 g/mol. The van der Waals surface area contributed by atoms with Crippen LogP contribution in [-0.4, -0.2) is 54.3 Å². The molecule has 1 heterocycles. The van der Waals surface area contributed by atoms with Crippen molar-refractivity contribution in [1.29, 1.82) is 0 Å². The Morgan fingerprint density at radius 3 is 2.33 bits per heavy atom. The number of likely N-dealkylation sites (tertiary alicyclic amines) is 1. The van der Waals surface area contributed by atoms with Crippen molar-refractivity contribution in [3.8, 4) is 0 Å². The SMILES string of the molecule is CC(=O)N1CCC(CN(C)C(=O)C2CC3CCCC(C2)C3N)C1.Cl. The van der Waals surface area contributed by atoms with Gasteiger partial charge in [0, 0.05) is 45.6 Å². The van der Waals surface area contributed by atoms with Gasteiger partial charge in [-0.3, -0.25) is 9.59 Å². The highest BCUT2D eigenvalue weighted by Gasteiger charge is 2.41. The third-order valence-electron chi connectivity index (χ3n) is 6.40. The lowest BCUT2D eigenvalue weighted by Crippen LogP contribution is -2.49. The molecule has 0 spiro atoms. The molecule has 2 amide bonds. The van der Waals surface area contributed by atoms with Gasteiger partial charge in [0.2, 0.25) is 11.8 Å². The van der Waals surface area contributed by atoms with E-state index in [9.17, 15) is 9.59 Å². The second kappa shape index (κ2) is 8.05. The highest BCUT2D eigenvalue weighted by atomic mass is 35.5. The molecular weight excluding hydrogens is 326 g/mol. The number of nitrogens with two attached hydrogens (primary N) is 1. The lowest BCUT2D eigenvalue weighted by atomic mass is 9.65. The summed E-state index contributed by atoms with van der Waals surface area (Å²) in [5.74, 6) is 2.14. The van der Waals surface area contributed by atoms with Gasteiger partial charge in [0.1, 0.15) is 0 Å². The van der Waals surface area contributed by atoms with Gasteiger partial charge in [0.05, 0.1) is 0 Å². The van der Waals surface area contributed by atoms with Gasteiger partial charge >= 0.3 is 0 Å². The van der Waals surface area contributed by atoms with Gasteiger partial charge in [0.25, 0.3) is 0 Å². The number of nitrogens with zero attached hydrogens (tertiary/aromatic N) is 2. The Kier molecular flexibility index (Phi) is 6.54. The van der Waals surface area contributed by atoms with E-state index in [0.29, 0.717) is 29.7 Å². The van der Waals surface area contributed by atoms with Gasteiger partial charge in [-0.25, -0.2) is 0 Å². The predicted molar refractivity (Wildman–Crippen MR) is 96.8 cm³/mol. The van der Waals surface area contributed by atoms with Crippen LogP contribution in [0.3, 0.4) is 0 Å². The van der Waals surface area contributed by atoms with Crippen LogP contribution < -0.4 is 5.73 Å². The number of carbonyl (C=O) groups is 2. The summed E-state index contributed by atoms with van der Waals surface area (Å²) in [5.41, 5.74) is 6.34. The zero-order chi connectivity index (χ0) is 16.6. The lowest BCUT2D eigenvalue weighted by Gasteiger charge is -2.44. The van der Waals surface area contributed by atoms with E-state index in [0.717, 1.165) is 38.9 Å². The Balaban J connectivity index is 0.00000208. The maximum Gasteiger partial charge on any atom is 0.225 e. The second-order valence-corrected chi connectivity index (χ2v) is 8.04. The summed E-state index contributed by atoms with van der Waals surface area (Å²) in [4.78, 5) is 28.1. The molecule has 3 rings (SSSR count). The first kappa shape index (κ1) is 19.5. The molecule has 2 aliphatic carbocycles. The van der Waals surface area contributed by atoms with E-state index < -0.39 is 0 Å². The molecule has 138 valence electrons. The first-order valence-electron chi connectivity index (χ1n) is 9.21. The molecule has 1 saturated heterocycles. The van der Waals surface area contributed by atoms with Gasteiger partial charge in [-0.1, -0.05) is 6.42 Å². The van der Waals surface area contributed by atoms with Crippen LogP contribution in [0, 0.1) is 23.7 Å². The number of carbonyl (C=O) groups excluding carboxylic acids is 2. The number of hydrogen-bond donors (Lipinski definition) is 1. The van der Waals surface area contributed by atoms with Crippen LogP contribution in [-0.2, 0) is 9.59 Å². The Labute approximate surface area is 151 Å². The van der Waals surface area contributed by atoms with Crippen molar-refractivity contribution >= 4 is 24.2 Å². The largest absolute Gasteiger partial charge is 0.345 e. The number of halogens is 1. The summed E-state index contributed by atoms with van der Waals surface area (Å²) in [6.45, 7) is 4.04. The lowest BCUT2D eigenvalue weighted by molar-refractivity contribution is -0.137. The van der Waals surface area contributed by atoms with Crippen LogP contribution in [0.4, 0.5) is 0 Å². The van der Waals surface area contributed by atoms with E-state index in [1.165, 1.54) is 19.3 Å². The fourth-order valence-electron chi connectivity index (χ4n) is 5.05. The molecule has 6 heteroatoms. The first-order chi connectivity index (χ1) is 11.0. The zero-order valence-corrected chi connectivity index (χ0v) is 15.8. The van der Waals surface area contributed by atoms with Gasteiger partial charge in [-0.15, -0.1) is 12.4 Å². The Hall–Kier alpha value is -0.810. The number of hydrogen-bond acceptors (Lipinski definition) is 3. The zero-order valence-electron chi connectivity index (χ0n) is 14.9. The molecule has 3 fully saturated rings. The second-order valence-electron chi connectivity index (χ2n) is 8.04. The normalized spacial score (nSPS) is 35.3. The summed E-state index contributed by atoms with van der Waals surface area (Å²) < 4.78 is 0. The Bertz CT molecular complexity index is 459. The van der Waals surface area contributed by atoms with Crippen LogP contribution in [0.25, 0.3) is 0 Å². The molecule has 5 nitrogen and oxygen atoms in total. The quantitative estimate of drug-likeness (QED) is 0.838. The van der Waals surface area contributed by atoms with Crippen LogP contribution in [0.1, 0.15) is 45.4 Å². The highest BCUT2D eigenvalue weighted by Crippen LogP contribution is 2.42. The minimum absolute atomic E-state index is 0. The van der Waals surface area contributed by atoms with Crippen molar-refractivity contribution in [2.24, 2.45) is 29.4 Å². The Morgan fingerprint density at radius 1 is 1.17 bits per heavy atom. The summed E-state index contributed by atoms with van der Waals surface area (Å²) >= 11 is 0. The number of fused-ring (bicyclic) bond motifs is 2. The van der Waals surface area contributed by atoms with Crippen LogP contribution in [0.2, 0.25) is 0 Å². The summed E-state index contributed by atoms with van der Waals surface area (Å²) in [6, 6.07) is 0.317. The molecule has 2 N–H and O–H groups in total. The van der Waals surface area contributed by atoms with Crippen LogP contribution in [0.5, 0.6) is 0 Å². The molecule has 3 atom stereocenters. The van der Waals surface area contributed by atoms with Gasteiger partial charge < -0.3 is 15.5 Å². The van der Waals surface area contributed by atoms with Gasteiger partial charge in [-0.2, -0.15) is 0 Å². The van der Waals surface area contributed by atoms with Crippen molar-refractivity contribution in [2.45, 2.75) is 51.5 Å². The first-order valence-corrected chi connectivity index (χ1v) is 9.21. The fourth-order valence-corrected chi connectivity index (χ4v) is 5.05. The van der Waals surface area contributed by atoms with E-state index in [-0.39, 0.29) is 24.2 Å². The van der Waals surface area contributed by atoms with Crippen molar-refractivity contribution in [2.75, 3.05) is 26.7 Å². The van der Waals surface area contributed by atoms with Gasteiger partial charge in [0.15, 0.2) is 0 Å². The molecule has 2 bridgehead atoms. The van der Waals surface area contributed by atoms with E-state index in [1.54, 1.807) is 6.92 Å². The molecule has 3 unspecified atom stereocenters. The van der Waals surface area contributed by atoms with E-state index in [1.807, 2.05) is 16.8 Å². The van der Waals surface area contributed by atoms with Gasteiger partial charge in [-0.05, 0) is 49.9 Å². The molecule has 0 aromatic heterocycles. The van der Waals surface area contributed by atoms with Crippen LogP contribution in [0.15, 0.2) is 0 Å². The predicted octanol–water partition coefficient (Wildman–Crippen LogP) is 1.89. The smallest absolute Gasteiger partial charge is 0.225 e. The van der Waals surface area contributed by atoms with Crippen molar-refractivity contribution in [1.82, 2.24) is 9.80 Å². The van der Waals surface area contributed by atoms with E-state index >= 15 is 0 Å². The number of rotatable bonds is 3. The Morgan fingerprint density at radius 2 is 1.79 bits per heavy atom. The molecule has 2 saturated carbocycles. The average molecular weight is 358 g/mol. The molecule has 24 heavy (non-hydrogen) atoms. The molecular formula is C18H32ClN3O2. The molecule has 1 aliphatic heterocycles. The van der Waals surface area contributed by atoms with E-state index in [2.05, 4.69) is 0 Å². The summed E-state index contributed by atoms with van der Waals surface area (Å²) in [7, 11) is 1.93. The highest BCUT2D eigenvalue weighted by molar-refractivity contribution is 5.85. The summed E-state index contributed by atoms with van der Waals surface area (Å²) in [6.07, 6.45) is 6.64. The maximum absolute atomic E-state index is 12.8. The van der Waals surface area contributed by atoms with Crippen LogP contribution >= 0.6 is 12.4 Å².